The summed E-state index contributed by atoms with van der Waals surface area (Å²) in [5.74, 6) is 4.56. The van der Waals surface area contributed by atoms with Crippen molar-refractivity contribution in [3.63, 3.8) is 0 Å². The van der Waals surface area contributed by atoms with Crippen LogP contribution in [0.4, 0.5) is 0 Å². The summed E-state index contributed by atoms with van der Waals surface area (Å²) in [5, 5.41) is 3.46. The molecule has 1 saturated heterocycles. The molecule has 0 aliphatic carbocycles. The summed E-state index contributed by atoms with van der Waals surface area (Å²) in [7, 11) is 6.76. The highest BCUT2D eigenvalue weighted by Crippen LogP contribution is 2.34. The van der Waals surface area contributed by atoms with Crippen molar-refractivity contribution in [1.29, 1.82) is 0 Å². The topological polar surface area (TPSA) is 55.3 Å². The summed E-state index contributed by atoms with van der Waals surface area (Å²) < 4.78 is 16.3. The molecule has 0 amide bonds. The molecule has 1 aliphatic heterocycles. The number of benzene rings is 1. The van der Waals surface area contributed by atoms with E-state index in [9.17, 15) is 0 Å². The van der Waals surface area contributed by atoms with E-state index in [4.69, 9.17) is 14.2 Å². The number of aliphatic imine (C=N–C) groups is 1. The lowest BCUT2D eigenvalue weighted by molar-refractivity contribution is 0.347. The third kappa shape index (κ3) is 6.33. The fourth-order valence-electron chi connectivity index (χ4n) is 3.62. The average Bonchev–Trinajstić information content (AvgIpc) is 3.09. The second-order valence-electron chi connectivity index (χ2n) is 7.15. The molecule has 1 aromatic carbocycles. The van der Waals surface area contributed by atoms with Crippen molar-refractivity contribution in [2.45, 2.75) is 33.2 Å². The highest BCUT2D eigenvalue weighted by atomic mass is 127. The van der Waals surface area contributed by atoms with Gasteiger partial charge >= 0.3 is 0 Å². The molecule has 0 spiro atoms. The van der Waals surface area contributed by atoms with Crippen LogP contribution >= 0.6 is 24.0 Å². The van der Waals surface area contributed by atoms with Gasteiger partial charge in [0.05, 0.1) is 21.3 Å². The van der Waals surface area contributed by atoms with Gasteiger partial charge in [-0.05, 0) is 30.7 Å². The Labute approximate surface area is 180 Å². The van der Waals surface area contributed by atoms with Gasteiger partial charge in [-0.1, -0.05) is 13.8 Å². The van der Waals surface area contributed by atoms with E-state index < -0.39 is 0 Å². The number of likely N-dealkylation sites (tertiary alicyclic amines) is 1. The third-order valence-electron chi connectivity index (χ3n) is 4.83. The molecule has 0 aromatic heterocycles. The van der Waals surface area contributed by atoms with E-state index in [1.54, 1.807) is 21.3 Å². The molecule has 0 radical (unpaired) electrons. The highest BCUT2D eigenvalue weighted by molar-refractivity contribution is 14.0. The van der Waals surface area contributed by atoms with Gasteiger partial charge in [-0.2, -0.15) is 0 Å². The predicted molar refractivity (Wildman–Crippen MR) is 121 cm³/mol. The van der Waals surface area contributed by atoms with Crippen LogP contribution in [0.3, 0.4) is 0 Å². The number of halogens is 1. The van der Waals surface area contributed by atoms with Gasteiger partial charge in [0.1, 0.15) is 5.75 Å². The Morgan fingerprint density at radius 1 is 1.15 bits per heavy atom. The van der Waals surface area contributed by atoms with Gasteiger partial charge in [0.25, 0.3) is 0 Å². The molecular weight excluding hydrogens is 457 g/mol. The molecule has 1 unspecified atom stereocenters. The van der Waals surface area contributed by atoms with Crippen LogP contribution in [0.5, 0.6) is 17.2 Å². The second-order valence-corrected chi connectivity index (χ2v) is 7.15. The summed E-state index contributed by atoms with van der Waals surface area (Å²) >= 11 is 0. The lowest BCUT2D eigenvalue weighted by atomic mass is 9.97. The Bertz CT molecular complexity index is 623. The maximum absolute atomic E-state index is 5.51. The molecule has 0 bridgehead atoms. The molecule has 1 aromatic rings. The van der Waals surface area contributed by atoms with E-state index in [0.717, 1.165) is 42.2 Å². The van der Waals surface area contributed by atoms with Crippen LogP contribution in [0.15, 0.2) is 17.1 Å². The molecule has 2 rings (SSSR count). The third-order valence-corrected chi connectivity index (χ3v) is 4.83. The molecule has 6 nitrogen and oxygen atoms in total. The van der Waals surface area contributed by atoms with Crippen LogP contribution in [-0.4, -0.2) is 52.3 Å². The Morgan fingerprint density at radius 3 is 2.33 bits per heavy atom. The predicted octanol–water partition coefficient (Wildman–Crippen LogP) is 3.77. The number of hydrogen-bond donors (Lipinski definition) is 1. The molecule has 1 aliphatic rings. The molecule has 7 heteroatoms. The van der Waals surface area contributed by atoms with Crippen LogP contribution in [0.25, 0.3) is 0 Å². The van der Waals surface area contributed by atoms with Crippen LogP contribution in [0, 0.1) is 11.8 Å². The van der Waals surface area contributed by atoms with Crippen LogP contribution in [0.1, 0.15) is 32.3 Å². The molecular formula is C20H34IN3O3. The first kappa shape index (κ1) is 23.7. The van der Waals surface area contributed by atoms with Gasteiger partial charge in [-0.3, -0.25) is 4.99 Å². The van der Waals surface area contributed by atoms with Crippen molar-refractivity contribution in [1.82, 2.24) is 10.2 Å². The highest BCUT2D eigenvalue weighted by Gasteiger charge is 2.25. The first-order valence-corrected chi connectivity index (χ1v) is 9.26. The van der Waals surface area contributed by atoms with E-state index in [-0.39, 0.29) is 24.0 Å². The van der Waals surface area contributed by atoms with Crippen molar-refractivity contribution in [3.05, 3.63) is 17.7 Å². The van der Waals surface area contributed by atoms with Gasteiger partial charge in [0, 0.05) is 38.3 Å². The number of nitrogens with zero attached hydrogens (tertiary/aromatic N) is 2. The minimum atomic E-state index is 0. The lowest BCUT2D eigenvalue weighted by Crippen LogP contribution is -2.39. The first-order valence-electron chi connectivity index (χ1n) is 9.26. The lowest BCUT2D eigenvalue weighted by Gasteiger charge is -2.23. The summed E-state index contributed by atoms with van der Waals surface area (Å²) in [6, 6.07) is 3.80. The van der Waals surface area contributed by atoms with E-state index in [1.165, 1.54) is 12.8 Å². The van der Waals surface area contributed by atoms with E-state index in [1.807, 2.05) is 19.2 Å². The largest absolute Gasteiger partial charge is 0.496 e. The van der Waals surface area contributed by atoms with Gasteiger partial charge in [0.15, 0.2) is 17.5 Å². The summed E-state index contributed by atoms with van der Waals surface area (Å²) in [6.07, 6.45) is 2.51. The van der Waals surface area contributed by atoms with E-state index >= 15 is 0 Å². The van der Waals surface area contributed by atoms with E-state index in [0.29, 0.717) is 18.0 Å². The van der Waals surface area contributed by atoms with Crippen molar-refractivity contribution in [2.75, 3.05) is 41.5 Å². The molecule has 1 N–H and O–H groups in total. The Kier molecular flexibility index (Phi) is 10.0. The van der Waals surface area contributed by atoms with Gasteiger partial charge in [-0.25, -0.2) is 0 Å². The van der Waals surface area contributed by atoms with Crippen LogP contribution < -0.4 is 19.5 Å². The first-order chi connectivity index (χ1) is 12.5. The molecule has 154 valence electrons. The van der Waals surface area contributed by atoms with Crippen molar-refractivity contribution >= 4 is 29.9 Å². The zero-order chi connectivity index (χ0) is 19.1. The quantitative estimate of drug-likeness (QED) is 0.358. The molecule has 27 heavy (non-hydrogen) atoms. The number of methoxy groups -OCH3 is 3. The Hall–Kier alpha value is -1.38. The Morgan fingerprint density at radius 2 is 1.78 bits per heavy atom. The van der Waals surface area contributed by atoms with Crippen molar-refractivity contribution < 1.29 is 14.2 Å². The zero-order valence-electron chi connectivity index (χ0n) is 17.4. The fourth-order valence-corrected chi connectivity index (χ4v) is 3.62. The summed E-state index contributed by atoms with van der Waals surface area (Å²) in [4.78, 5) is 6.81. The summed E-state index contributed by atoms with van der Waals surface area (Å²) in [5.41, 5.74) is 1.00. The average molecular weight is 491 g/mol. The maximum atomic E-state index is 5.51. The second kappa shape index (κ2) is 11.5. The van der Waals surface area contributed by atoms with Gasteiger partial charge in [-0.15, -0.1) is 24.0 Å². The number of rotatable bonds is 7. The molecule has 1 fully saturated rings. The summed E-state index contributed by atoms with van der Waals surface area (Å²) in [6.45, 7) is 7.32. The molecule has 1 atom stereocenters. The number of nitrogens with one attached hydrogen (secondary N) is 1. The van der Waals surface area contributed by atoms with Crippen LogP contribution in [-0.2, 0) is 6.54 Å². The number of guanidine groups is 1. The zero-order valence-corrected chi connectivity index (χ0v) is 19.7. The number of ether oxygens (including phenoxy) is 3. The van der Waals surface area contributed by atoms with Crippen molar-refractivity contribution in [3.8, 4) is 17.2 Å². The standard InChI is InChI=1S/C20H33N3O3.HI/c1-14(2)9-15-7-8-23(13-15)20(21-3)22-12-16-10-18(25-5)19(26-6)11-17(16)24-4;/h10-11,14-15H,7-9,12-13H2,1-6H3,(H,21,22);1H. The van der Waals surface area contributed by atoms with Gasteiger partial charge in [0.2, 0.25) is 0 Å². The minimum Gasteiger partial charge on any atom is -0.496 e. The van der Waals surface area contributed by atoms with E-state index in [2.05, 4.69) is 29.1 Å². The fraction of sp³-hybridized carbons (Fsp3) is 0.650. The van der Waals surface area contributed by atoms with Crippen LogP contribution in [0.2, 0.25) is 0 Å². The Balaban J connectivity index is 0.00000364. The normalized spacial score (nSPS) is 16.9. The smallest absolute Gasteiger partial charge is 0.193 e. The number of hydrogen-bond acceptors (Lipinski definition) is 4. The monoisotopic (exact) mass is 491 g/mol. The van der Waals surface area contributed by atoms with Gasteiger partial charge < -0.3 is 24.4 Å². The maximum Gasteiger partial charge on any atom is 0.193 e. The molecule has 1 heterocycles. The minimum absolute atomic E-state index is 0. The SMILES string of the molecule is CN=C(NCc1cc(OC)c(OC)cc1OC)N1CCC(CC(C)C)C1.I. The molecule has 0 saturated carbocycles. The van der Waals surface area contributed by atoms with Crippen molar-refractivity contribution in [2.24, 2.45) is 16.8 Å².